The average Bonchev–Trinajstić information content (AvgIpc) is 2.51. The summed E-state index contributed by atoms with van der Waals surface area (Å²) in [6, 6.07) is 9.56. The van der Waals surface area contributed by atoms with Crippen LogP contribution in [-0.4, -0.2) is 34.7 Å². The molecule has 0 aliphatic carbocycles. The summed E-state index contributed by atoms with van der Waals surface area (Å²) in [5.41, 5.74) is 2.58. The molecule has 6 heteroatoms. The van der Waals surface area contributed by atoms with Gasteiger partial charge in [-0.1, -0.05) is 12.1 Å². The third-order valence-electron chi connectivity index (χ3n) is 3.07. The maximum absolute atomic E-state index is 10.5. The molecule has 1 heterocycles. The highest BCUT2D eigenvalue weighted by atomic mass is 16.5. The molecular weight excluding hydrogens is 282 g/mol. The molecule has 1 aromatic heterocycles. The number of methoxy groups -OCH3 is 1. The molecule has 2 aromatic rings. The van der Waals surface area contributed by atoms with Crippen LogP contribution in [-0.2, 0) is 4.79 Å². The standard InChI is InChI=1S/C16H19N3O3/c1-11-9-14(12-5-3-6-13(10-12)22-2)19-16(18-11)17-8-4-7-15(20)21/h3,5-6,9-10H,4,7-8H2,1-2H3,(H,20,21)(H,17,18,19). The Bertz CT molecular complexity index is 659. The Morgan fingerprint density at radius 2 is 2.14 bits per heavy atom. The highest BCUT2D eigenvalue weighted by Gasteiger charge is 2.06. The summed E-state index contributed by atoms with van der Waals surface area (Å²) < 4.78 is 5.22. The summed E-state index contributed by atoms with van der Waals surface area (Å²) in [5, 5.41) is 11.7. The molecule has 22 heavy (non-hydrogen) atoms. The molecule has 0 aliphatic heterocycles. The van der Waals surface area contributed by atoms with Crippen LogP contribution in [0.4, 0.5) is 5.95 Å². The highest BCUT2D eigenvalue weighted by Crippen LogP contribution is 2.23. The molecule has 0 saturated carbocycles. The van der Waals surface area contributed by atoms with E-state index < -0.39 is 5.97 Å². The third kappa shape index (κ3) is 4.44. The number of carboxylic acids is 1. The minimum atomic E-state index is -0.802. The zero-order valence-electron chi connectivity index (χ0n) is 12.7. The number of hydrogen-bond donors (Lipinski definition) is 2. The van der Waals surface area contributed by atoms with E-state index in [9.17, 15) is 4.79 Å². The Hall–Kier alpha value is -2.63. The second-order valence-corrected chi connectivity index (χ2v) is 4.87. The van der Waals surface area contributed by atoms with Gasteiger partial charge in [-0.05, 0) is 31.5 Å². The van der Waals surface area contributed by atoms with Crippen LogP contribution < -0.4 is 10.1 Å². The van der Waals surface area contributed by atoms with Gasteiger partial charge in [-0.2, -0.15) is 0 Å². The van der Waals surface area contributed by atoms with E-state index in [2.05, 4.69) is 15.3 Å². The molecule has 0 aliphatic rings. The predicted molar refractivity (Wildman–Crippen MR) is 84.1 cm³/mol. The molecule has 0 unspecified atom stereocenters. The van der Waals surface area contributed by atoms with Gasteiger partial charge in [0.25, 0.3) is 0 Å². The van der Waals surface area contributed by atoms with Crippen molar-refractivity contribution in [1.82, 2.24) is 9.97 Å². The fraction of sp³-hybridized carbons (Fsp3) is 0.312. The smallest absolute Gasteiger partial charge is 0.303 e. The van der Waals surface area contributed by atoms with Crippen molar-refractivity contribution in [3.8, 4) is 17.0 Å². The molecule has 116 valence electrons. The van der Waals surface area contributed by atoms with Crippen molar-refractivity contribution in [2.24, 2.45) is 0 Å². The lowest BCUT2D eigenvalue weighted by molar-refractivity contribution is -0.137. The Balaban J connectivity index is 2.13. The van der Waals surface area contributed by atoms with E-state index in [0.717, 1.165) is 22.7 Å². The molecule has 0 saturated heterocycles. The van der Waals surface area contributed by atoms with E-state index in [0.29, 0.717) is 18.9 Å². The number of carboxylic acid groups (broad SMARTS) is 1. The van der Waals surface area contributed by atoms with Crippen LogP contribution in [0.5, 0.6) is 5.75 Å². The Morgan fingerprint density at radius 3 is 2.86 bits per heavy atom. The number of rotatable bonds is 7. The average molecular weight is 301 g/mol. The summed E-state index contributed by atoms with van der Waals surface area (Å²) in [7, 11) is 1.62. The molecular formula is C16H19N3O3. The Labute approximate surface area is 129 Å². The fourth-order valence-electron chi connectivity index (χ4n) is 2.02. The largest absolute Gasteiger partial charge is 0.497 e. The first kappa shape index (κ1) is 15.8. The number of hydrogen-bond acceptors (Lipinski definition) is 5. The summed E-state index contributed by atoms with van der Waals surface area (Å²) >= 11 is 0. The molecule has 2 N–H and O–H groups in total. The zero-order valence-corrected chi connectivity index (χ0v) is 12.7. The molecule has 2 rings (SSSR count). The lowest BCUT2D eigenvalue weighted by atomic mass is 10.1. The zero-order chi connectivity index (χ0) is 15.9. The van der Waals surface area contributed by atoms with Gasteiger partial charge in [-0.25, -0.2) is 9.97 Å². The SMILES string of the molecule is COc1cccc(-c2cc(C)nc(NCCCC(=O)O)n2)c1. The molecule has 0 bridgehead atoms. The van der Waals surface area contributed by atoms with Gasteiger partial charge in [0, 0.05) is 24.2 Å². The van der Waals surface area contributed by atoms with Gasteiger partial charge in [0.15, 0.2) is 0 Å². The molecule has 6 nitrogen and oxygen atoms in total. The number of ether oxygens (including phenoxy) is 1. The predicted octanol–water partition coefficient (Wildman–Crippen LogP) is 2.74. The van der Waals surface area contributed by atoms with E-state index in [4.69, 9.17) is 9.84 Å². The van der Waals surface area contributed by atoms with Crippen LogP contribution >= 0.6 is 0 Å². The number of aliphatic carboxylic acids is 1. The van der Waals surface area contributed by atoms with Crippen LogP contribution in [0.3, 0.4) is 0 Å². The van der Waals surface area contributed by atoms with Crippen molar-refractivity contribution in [3.63, 3.8) is 0 Å². The van der Waals surface area contributed by atoms with Crippen LogP contribution in [0.25, 0.3) is 11.3 Å². The Morgan fingerprint density at radius 1 is 1.32 bits per heavy atom. The van der Waals surface area contributed by atoms with Crippen molar-refractivity contribution in [2.75, 3.05) is 19.0 Å². The second kappa shape index (κ2) is 7.40. The highest BCUT2D eigenvalue weighted by molar-refractivity contribution is 5.66. The molecule has 1 aromatic carbocycles. The topological polar surface area (TPSA) is 84.3 Å². The minimum Gasteiger partial charge on any atom is -0.497 e. The van der Waals surface area contributed by atoms with Crippen molar-refractivity contribution in [1.29, 1.82) is 0 Å². The van der Waals surface area contributed by atoms with Crippen molar-refractivity contribution in [3.05, 3.63) is 36.0 Å². The van der Waals surface area contributed by atoms with E-state index in [-0.39, 0.29) is 6.42 Å². The number of nitrogens with zero attached hydrogens (tertiary/aromatic N) is 2. The van der Waals surface area contributed by atoms with Gasteiger partial charge in [-0.3, -0.25) is 4.79 Å². The number of aryl methyl sites for hydroxylation is 1. The number of anilines is 1. The van der Waals surface area contributed by atoms with E-state index in [1.54, 1.807) is 7.11 Å². The van der Waals surface area contributed by atoms with Crippen LogP contribution in [0.1, 0.15) is 18.5 Å². The van der Waals surface area contributed by atoms with Gasteiger partial charge in [0.1, 0.15) is 5.75 Å². The maximum Gasteiger partial charge on any atom is 0.303 e. The summed E-state index contributed by atoms with van der Waals surface area (Å²) in [5.74, 6) is 0.469. The second-order valence-electron chi connectivity index (χ2n) is 4.87. The summed E-state index contributed by atoms with van der Waals surface area (Å²) in [6.07, 6.45) is 0.655. The monoisotopic (exact) mass is 301 g/mol. The molecule has 0 radical (unpaired) electrons. The number of aromatic nitrogens is 2. The summed E-state index contributed by atoms with van der Waals surface area (Å²) in [6.45, 7) is 2.42. The van der Waals surface area contributed by atoms with Gasteiger partial charge in [0.05, 0.1) is 12.8 Å². The molecule has 0 atom stereocenters. The van der Waals surface area contributed by atoms with Gasteiger partial charge < -0.3 is 15.2 Å². The first-order chi connectivity index (χ1) is 10.6. The lowest BCUT2D eigenvalue weighted by Gasteiger charge is -2.09. The van der Waals surface area contributed by atoms with E-state index in [1.165, 1.54) is 0 Å². The van der Waals surface area contributed by atoms with Gasteiger partial charge >= 0.3 is 5.97 Å². The molecule has 0 spiro atoms. The molecule has 0 fully saturated rings. The van der Waals surface area contributed by atoms with Crippen molar-refractivity contribution in [2.45, 2.75) is 19.8 Å². The maximum atomic E-state index is 10.5. The van der Waals surface area contributed by atoms with Gasteiger partial charge in [0.2, 0.25) is 5.95 Å². The van der Waals surface area contributed by atoms with Gasteiger partial charge in [-0.15, -0.1) is 0 Å². The van der Waals surface area contributed by atoms with E-state index in [1.807, 2.05) is 37.3 Å². The van der Waals surface area contributed by atoms with Crippen molar-refractivity contribution >= 4 is 11.9 Å². The number of carbonyl (C=O) groups is 1. The Kier molecular flexibility index (Phi) is 5.30. The lowest BCUT2D eigenvalue weighted by Crippen LogP contribution is -2.08. The van der Waals surface area contributed by atoms with Crippen LogP contribution in [0.15, 0.2) is 30.3 Å². The molecule has 0 amide bonds. The van der Waals surface area contributed by atoms with Crippen LogP contribution in [0, 0.1) is 6.92 Å². The third-order valence-corrected chi connectivity index (χ3v) is 3.07. The van der Waals surface area contributed by atoms with Crippen molar-refractivity contribution < 1.29 is 14.6 Å². The number of benzene rings is 1. The fourth-order valence-corrected chi connectivity index (χ4v) is 2.02. The van der Waals surface area contributed by atoms with E-state index >= 15 is 0 Å². The normalized spacial score (nSPS) is 10.3. The quantitative estimate of drug-likeness (QED) is 0.765. The van der Waals surface area contributed by atoms with Crippen LogP contribution in [0.2, 0.25) is 0 Å². The number of nitrogens with one attached hydrogen (secondary N) is 1. The minimum absolute atomic E-state index is 0.127. The summed E-state index contributed by atoms with van der Waals surface area (Å²) in [4.78, 5) is 19.3. The first-order valence-corrected chi connectivity index (χ1v) is 7.04. The first-order valence-electron chi connectivity index (χ1n) is 7.04.